The molecule has 0 aliphatic carbocycles. The number of benzene rings is 7. The van der Waals surface area contributed by atoms with Gasteiger partial charge in [0.05, 0.1) is 45.0 Å². The van der Waals surface area contributed by atoms with Gasteiger partial charge in [0.1, 0.15) is 0 Å². The zero-order chi connectivity index (χ0) is 32.3. The number of aromatic carboxylic acids is 2. The van der Waals surface area contributed by atoms with E-state index in [9.17, 15) is 30.0 Å². The predicted octanol–water partition coefficient (Wildman–Crippen LogP) is 7.57. The third-order valence-electron chi connectivity index (χ3n) is 8.14. The molecule has 0 aliphatic rings. The minimum atomic E-state index is -1.56. The average molecular weight is 609 g/mol. The van der Waals surface area contributed by atoms with E-state index in [1.807, 2.05) is 24.3 Å². The number of carboxylic acids is 2. The van der Waals surface area contributed by atoms with Gasteiger partial charge in [-0.25, -0.2) is 19.6 Å². The Hall–Kier alpha value is -6.68. The predicted molar refractivity (Wildman–Crippen MR) is 181 cm³/mol. The molecular weight excluding hydrogens is 584 g/mol. The molecule has 0 spiro atoms. The number of carbonyl (C=O) groups is 2. The Morgan fingerprint density at radius 3 is 1.59 bits per heavy atom. The third-order valence-corrected chi connectivity index (χ3v) is 8.14. The molecule has 0 amide bonds. The number of nitrogens with zero attached hydrogens (tertiary/aromatic N) is 2. The molecule has 7 aromatic carbocycles. The van der Waals surface area contributed by atoms with Crippen LogP contribution in [0.25, 0.3) is 43.1 Å². The molecule has 0 atom stereocenters. The van der Waals surface area contributed by atoms with E-state index in [2.05, 4.69) is 9.98 Å². The highest BCUT2D eigenvalue weighted by atomic mass is 16.4. The lowest BCUT2D eigenvalue weighted by atomic mass is 9.81. The highest BCUT2D eigenvalue weighted by Gasteiger charge is 2.33. The molecule has 10 heteroatoms. The second-order valence-corrected chi connectivity index (χ2v) is 10.7. The number of nitrogens with two attached hydrogens (primary N) is 2. The fourth-order valence-corrected chi connectivity index (χ4v) is 6.25. The number of hydrogen-bond acceptors (Lipinski definition) is 6. The van der Waals surface area contributed by atoms with Crippen LogP contribution in [-0.2, 0) is 0 Å². The summed E-state index contributed by atoms with van der Waals surface area (Å²) < 4.78 is 0. The van der Waals surface area contributed by atoms with E-state index in [-0.39, 0.29) is 50.0 Å². The molecule has 0 fully saturated rings. The van der Waals surface area contributed by atoms with Crippen LogP contribution in [0.15, 0.2) is 107 Å². The average Bonchev–Trinajstić information content (AvgIpc) is 3.04. The molecule has 0 radical (unpaired) electrons. The van der Waals surface area contributed by atoms with Gasteiger partial charge in [-0.1, -0.05) is 66.7 Å². The number of hydrogen-bond donors (Lipinski definition) is 6. The maximum Gasteiger partial charge on any atom is 0.337 e. The van der Waals surface area contributed by atoms with Gasteiger partial charge in [-0.3, -0.25) is 0 Å². The van der Waals surface area contributed by atoms with Gasteiger partial charge in [0.25, 0.3) is 0 Å². The van der Waals surface area contributed by atoms with Crippen molar-refractivity contribution in [2.24, 2.45) is 9.98 Å². The smallest absolute Gasteiger partial charge is 0.337 e. The molecule has 8 N–H and O–H groups in total. The van der Waals surface area contributed by atoms with Crippen molar-refractivity contribution in [2.45, 2.75) is 0 Å². The monoisotopic (exact) mass is 608 g/mol. The van der Waals surface area contributed by atoms with Crippen molar-refractivity contribution in [3.05, 3.63) is 119 Å². The summed E-state index contributed by atoms with van der Waals surface area (Å²) in [6.07, 6.45) is 0. The van der Waals surface area contributed by atoms with E-state index in [0.29, 0.717) is 10.8 Å². The first kappa shape index (κ1) is 28.1. The lowest BCUT2D eigenvalue weighted by Crippen LogP contribution is -2.19. The second kappa shape index (κ2) is 10.5. The summed E-state index contributed by atoms with van der Waals surface area (Å²) in [7, 11) is 0. The summed E-state index contributed by atoms with van der Waals surface area (Å²) in [5, 5.41) is 48.7. The molecular formula is C36H24N4O6. The van der Waals surface area contributed by atoms with E-state index in [1.54, 1.807) is 60.7 Å². The second-order valence-electron chi connectivity index (χ2n) is 10.7. The first-order chi connectivity index (χ1) is 22.2. The molecule has 0 aliphatic heterocycles. The summed E-state index contributed by atoms with van der Waals surface area (Å²) in [4.78, 5) is 34.6. The van der Waals surface area contributed by atoms with Gasteiger partial charge in [0.15, 0.2) is 0 Å². The van der Waals surface area contributed by atoms with E-state index in [0.717, 1.165) is 16.2 Å². The number of anilines is 2. The van der Waals surface area contributed by atoms with Gasteiger partial charge in [-0.15, -0.1) is 0 Å². The molecule has 7 rings (SSSR count). The van der Waals surface area contributed by atoms with Gasteiger partial charge < -0.3 is 31.9 Å². The van der Waals surface area contributed by atoms with Crippen molar-refractivity contribution in [3.8, 4) is 0 Å². The first-order valence-electron chi connectivity index (χ1n) is 14.1. The quantitative estimate of drug-likeness (QED) is 0.0366. The lowest BCUT2D eigenvalue weighted by molar-refractivity contribution is 0.0695. The van der Waals surface area contributed by atoms with Crippen LogP contribution in [0.5, 0.6) is 0 Å². The maximum atomic E-state index is 13.3. The summed E-state index contributed by atoms with van der Waals surface area (Å²) in [5.74, 6) is -4.43. The molecule has 224 valence electrons. The van der Waals surface area contributed by atoms with Gasteiger partial charge in [-0.2, -0.15) is 0 Å². The van der Waals surface area contributed by atoms with Crippen LogP contribution in [0.1, 0.15) is 31.8 Å². The number of nitrogen functional groups attached to an aromatic ring is 2. The van der Waals surface area contributed by atoms with E-state index < -0.39 is 34.9 Å². The van der Waals surface area contributed by atoms with Crippen LogP contribution < -0.4 is 11.5 Å². The van der Waals surface area contributed by atoms with E-state index >= 15 is 0 Å². The fraction of sp³-hybridized carbons (Fsp3) is 0. The number of carboxylic acid groups (broad SMARTS) is 2. The van der Waals surface area contributed by atoms with E-state index in [4.69, 9.17) is 11.5 Å². The minimum absolute atomic E-state index is 0.124. The maximum absolute atomic E-state index is 13.3. The Bertz CT molecular complexity index is 2480. The topological polar surface area (TPSA) is 192 Å². The summed E-state index contributed by atoms with van der Waals surface area (Å²) in [6, 6.07) is 27.0. The molecule has 0 saturated carbocycles. The number of aliphatic imine (C=N–C) groups is 2. The van der Waals surface area contributed by atoms with Crippen molar-refractivity contribution in [3.63, 3.8) is 0 Å². The third kappa shape index (κ3) is 4.20. The largest absolute Gasteiger partial charge is 0.493 e. The van der Waals surface area contributed by atoms with Gasteiger partial charge in [0, 0.05) is 10.8 Å². The molecule has 0 unspecified atom stereocenters. The number of aliphatic hydroxyl groups excluding tert-OH is 2. The van der Waals surface area contributed by atoms with Crippen LogP contribution in [0.3, 0.4) is 0 Å². The van der Waals surface area contributed by atoms with Gasteiger partial charge >= 0.3 is 11.9 Å². The lowest BCUT2D eigenvalue weighted by Gasteiger charge is -2.22. The van der Waals surface area contributed by atoms with Crippen LogP contribution in [-0.4, -0.2) is 44.2 Å². The van der Waals surface area contributed by atoms with Crippen LogP contribution in [0, 0.1) is 0 Å². The number of para-hydroxylation sites is 4. The molecule has 0 bridgehead atoms. The Labute approximate surface area is 260 Å². The number of fused-ring (bicyclic) bond motifs is 2. The number of rotatable bonds is 6. The summed E-state index contributed by atoms with van der Waals surface area (Å²) in [5.41, 5.74) is 11.5. The van der Waals surface area contributed by atoms with Gasteiger partial charge in [-0.05, 0) is 62.6 Å². The standard InChI is InChI=1S/C36H24N4O6/c37-22-11-1-3-13-24(22)39-33(41)30-28-20-10-6-8-17-7-5-9-18(26(17)20)19-15-16-21(35(43)44)29(27(19)28)32(36(45)46)31(30)34(42)40-25-14-4-2-12-23(25)38/h1-16H,37-38H2,(H,39,41)(H,40,42)(H,43,44)(H,45,46). The molecule has 0 aromatic heterocycles. The summed E-state index contributed by atoms with van der Waals surface area (Å²) in [6.45, 7) is 0. The molecule has 46 heavy (non-hydrogen) atoms. The number of aliphatic hydroxyl groups is 2. The normalized spacial score (nSPS) is 12.4. The van der Waals surface area contributed by atoms with Crippen molar-refractivity contribution in [1.82, 2.24) is 0 Å². The molecule has 7 aromatic rings. The van der Waals surface area contributed by atoms with Crippen molar-refractivity contribution in [2.75, 3.05) is 11.5 Å². The van der Waals surface area contributed by atoms with Crippen LogP contribution in [0.4, 0.5) is 22.7 Å². The van der Waals surface area contributed by atoms with Crippen LogP contribution >= 0.6 is 0 Å². The van der Waals surface area contributed by atoms with E-state index in [1.165, 1.54) is 12.1 Å². The highest BCUT2D eigenvalue weighted by molar-refractivity contribution is 6.40. The molecule has 0 heterocycles. The highest BCUT2D eigenvalue weighted by Crippen LogP contribution is 2.46. The summed E-state index contributed by atoms with van der Waals surface area (Å²) >= 11 is 0. The van der Waals surface area contributed by atoms with Gasteiger partial charge in [0.2, 0.25) is 11.8 Å². The first-order valence-corrected chi connectivity index (χ1v) is 14.1. The SMILES string of the molecule is Nc1ccccc1N=C(O)c1c(C(=O)O)c2c(C(=O)O)ccc3c4cccc5cccc(c(c1C(O)=Nc1ccccc1N)c23)c54. The fourth-order valence-electron chi connectivity index (χ4n) is 6.25. The molecule has 10 nitrogen and oxygen atoms in total. The van der Waals surface area contributed by atoms with Crippen molar-refractivity contribution in [1.29, 1.82) is 0 Å². The molecule has 0 saturated heterocycles. The Kier molecular flexibility index (Phi) is 6.41. The zero-order valence-electron chi connectivity index (χ0n) is 23.9. The Morgan fingerprint density at radius 2 is 1.02 bits per heavy atom. The zero-order valence-corrected chi connectivity index (χ0v) is 23.9. The van der Waals surface area contributed by atoms with Crippen LogP contribution in [0.2, 0.25) is 0 Å². The van der Waals surface area contributed by atoms with Crippen molar-refractivity contribution < 1.29 is 30.0 Å². The Balaban J connectivity index is 1.81. The Morgan fingerprint density at radius 1 is 0.478 bits per heavy atom. The minimum Gasteiger partial charge on any atom is -0.493 e. The van der Waals surface area contributed by atoms with Crippen molar-refractivity contribution >= 4 is 89.6 Å².